The molecule has 0 heterocycles. The monoisotopic (exact) mass is 286 g/mol. The lowest BCUT2D eigenvalue weighted by atomic mass is 10.0. The van der Waals surface area contributed by atoms with E-state index in [2.05, 4.69) is 45.6 Å². The molecule has 114 valence electrons. The fourth-order valence-electron chi connectivity index (χ4n) is 1.77. The van der Waals surface area contributed by atoms with Gasteiger partial charge in [0.15, 0.2) is 0 Å². The van der Waals surface area contributed by atoms with Gasteiger partial charge < -0.3 is 5.11 Å². The summed E-state index contributed by atoms with van der Waals surface area (Å²) in [4.78, 5) is 10.3. The number of hydrogen-bond donors (Lipinski definition) is 1. The standard InChI is InChI=1S/C19H26O2/c1-6-15(2)11-12-17(4)14-18(5)13-16(3)9-7-8-10-19(20)21/h6-11,13-14,17H,1,12H2,2-5H3,(H,20,21)/b9-7+,10-8-,15-11+,16-13-,18-14+/t17-/m0/s1. The second-order valence-corrected chi connectivity index (χ2v) is 5.22. The van der Waals surface area contributed by atoms with E-state index in [9.17, 15) is 4.79 Å². The van der Waals surface area contributed by atoms with Crippen LogP contribution >= 0.6 is 0 Å². The molecule has 2 nitrogen and oxygen atoms in total. The van der Waals surface area contributed by atoms with Gasteiger partial charge in [-0.25, -0.2) is 4.79 Å². The molecule has 0 unspecified atom stereocenters. The summed E-state index contributed by atoms with van der Waals surface area (Å²) in [5, 5.41) is 8.48. The zero-order valence-electron chi connectivity index (χ0n) is 13.5. The Hall–Kier alpha value is -2.09. The van der Waals surface area contributed by atoms with Crippen LogP contribution in [0.3, 0.4) is 0 Å². The smallest absolute Gasteiger partial charge is 0.328 e. The van der Waals surface area contributed by atoms with Crippen molar-refractivity contribution in [3.05, 3.63) is 71.9 Å². The number of carboxylic acids is 1. The summed E-state index contributed by atoms with van der Waals surface area (Å²) in [6.07, 6.45) is 15.6. The SMILES string of the molecule is C=C/C(C)=C/C[C@H](C)/C=C(C)/C=C(C)\C=C\C=C/C(=O)O. The zero-order valence-corrected chi connectivity index (χ0v) is 13.5. The summed E-state index contributed by atoms with van der Waals surface area (Å²) < 4.78 is 0. The molecule has 0 aromatic rings. The molecular formula is C19H26O2. The van der Waals surface area contributed by atoms with E-state index in [1.54, 1.807) is 6.08 Å². The van der Waals surface area contributed by atoms with Crippen LogP contribution in [0.4, 0.5) is 0 Å². The van der Waals surface area contributed by atoms with Crippen LogP contribution in [0.1, 0.15) is 34.1 Å². The lowest BCUT2D eigenvalue weighted by Gasteiger charge is -2.04. The summed E-state index contributed by atoms with van der Waals surface area (Å²) >= 11 is 0. The Labute approximate surface area is 128 Å². The first-order valence-corrected chi connectivity index (χ1v) is 7.08. The summed E-state index contributed by atoms with van der Waals surface area (Å²) in [7, 11) is 0. The molecule has 0 aromatic carbocycles. The molecule has 0 aliphatic carbocycles. The maximum atomic E-state index is 10.3. The van der Waals surface area contributed by atoms with E-state index >= 15 is 0 Å². The summed E-state index contributed by atoms with van der Waals surface area (Å²) in [6, 6.07) is 0. The molecular weight excluding hydrogens is 260 g/mol. The molecule has 1 N–H and O–H groups in total. The van der Waals surface area contributed by atoms with Crippen LogP contribution < -0.4 is 0 Å². The van der Waals surface area contributed by atoms with Crippen molar-refractivity contribution in [2.75, 3.05) is 0 Å². The molecule has 0 amide bonds. The Morgan fingerprint density at radius 1 is 1.10 bits per heavy atom. The van der Waals surface area contributed by atoms with E-state index in [-0.39, 0.29) is 0 Å². The van der Waals surface area contributed by atoms with Crippen molar-refractivity contribution in [3.8, 4) is 0 Å². The molecule has 0 aliphatic rings. The highest BCUT2D eigenvalue weighted by Gasteiger charge is 1.96. The maximum Gasteiger partial charge on any atom is 0.328 e. The molecule has 0 fully saturated rings. The predicted octanol–water partition coefficient (Wildman–Crippen LogP) is 5.23. The van der Waals surface area contributed by atoms with E-state index in [0.717, 1.165) is 18.1 Å². The van der Waals surface area contributed by atoms with Gasteiger partial charge in [0, 0.05) is 6.08 Å². The van der Waals surface area contributed by atoms with Crippen LogP contribution in [-0.4, -0.2) is 11.1 Å². The molecule has 0 aliphatic heterocycles. The lowest BCUT2D eigenvalue weighted by molar-refractivity contribution is -0.131. The minimum absolute atomic E-state index is 0.472. The summed E-state index contributed by atoms with van der Waals surface area (Å²) in [6.45, 7) is 12.0. The molecule has 0 rings (SSSR count). The lowest BCUT2D eigenvalue weighted by Crippen LogP contribution is -1.89. The van der Waals surface area contributed by atoms with Gasteiger partial charge in [-0.1, -0.05) is 72.8 Å². The van der Waals surface area contributed by atoms with Gasteiger partial charge in [-0.3, -0.25) is 0 Å². The maximum absolute atomic E-state index is 10.3. The highest BCUT2D eigenvalue weighted by molar-refractivity contribution is 5.80. The Kier molecular flexibility index (Phi) is 9.61. The van der Waals surface area contributed by atoms with Crippen LogP contribution in [0.2, 0.25) is 0 Å². The second-order valence-electron chi connectivity index (χ2n) is 5.22. The minimum Gasteiger partial charge on any atom is -0.478 e. The molecule has 1 atom stereocenters. The quantitative estimate of drug-likeness (QED) is 0.489. The van der Waals surface area contributed by atoms with Crippen molar-refractivity contribution in [1.82, 2.24) is 0 Å². The molecule has 0 bridgehead atoms. The van der Waals surface area contributed by atoms with Crippen LogP contribution in [0.15, 0.2) is 71.9 Å². The van der Waals surface area contributed by atoms with E-state index in [1.807, 2.05) is 19.1 Å². The normalized spacial score (nSPS) is 15.7. The fraction of sp³-hybridized carbons (Fsp3) is 0.316. The van der Waals surface area contributed by atoms with Crippen molar-refractivity contribution in [3.63, 3.8) is 0 Å². The number of carboxylic acid groups (broad SMARTS) is 1. The molecule has 0 radical (unpaired) electrons. The average molecular weight is 286 g/mol. The number of carbonyl (C=O) groups is 1. The summed E-state index contributed by atoms with van der Waals surface area (Å²) in [5.74, 6) is -0.464. The molecule has 21 heavy (non-hydrogen) atoms. The fourth-order valence-corrected chi connectivity index (χ4v) is 1.77. The minimum atomic E-state index is -0.936. The van der Waals surface area contributed by atoms with Gasteiger partial charge in [0.1, 0.15) is 0 Å². The number of hydrogen-bond acceptors (Lipinski definition) is 1. The van der Waals surface area contributed by atoms with E-state index in [4.69, 9.17) is 5.11 Å². The van der Waals surface area contributed by atoms with Crippen molar-refractivity contribution < 1.29 is 9.90 Å². The van der Waals surface area contributed by atoms with Gasteiger partial charge in [0.05, 0.1) is 0 Å². The van der Waals surface area contributed by atoms with Crippen molar-refractivity contribution >= 4 is 5.97 Å². The van der Waals surface area contributed by atoms with Gasteiger partial charge in [0.2, 0.25) is 0 Å². The predicted molar refractivity (Wildman–Crippen MR) is 91.2 cm³/mol. The van der Waals surface area contributed by atoms with E-state index in [0.29, 0.717) is 5.92 Å². The largest absolute Gasteiger partial charge is 0.478 e. The van der Waals surface area contributed by atoms with E-state index in [1.165, 1.54) is 17.2 Å². The molecule has 2 heteroatoms. The van der Waals surface area contributed by atoms with Gasteiger partial charge in [-0.05, 0) is 33.1 Å². The van der Waals surface area contributed by atoms with Crippen molar-refractivity contribution in [2.24, 2.45) is 5.92 Å². The highest BCUT2D eigenvalue weighted by Crippen LogP contribution is 2.12. The molecule has 0 aromatic heterocycles. The van der Waals surface area contributed by atoms with Crippen molar-refractivity contribution in [1.29, 1.82) is 0 Å². The van der Waals surface area contributed by atoms with Crippen LogP contribution in [0, 0.1) is 5.92 Å². The van der Waals surface area contributed by atoms with Gasteiger partial charge in [-0.15, -0.1) is 0 Å². The number of rotatable bonds is 8. The van der Waals surface area contributed by atoms with Crippen LogP contribution in [0.5, 0.6) is 0 Å². The average Bonchev–Trinajstić information content (AvgIpc) is 2.40. The van der Waals surface area contributed by atoms with Gasteiger partial charge in [-0.2, -0.15) is 0 Å². The number of aliphatic carboxylic acids is 1. The first-order valence-electron chi connectivity index (χ1n) is 7.08. The van der Waals surface area contributed by atoms with Gasteiger partial charge >= 0.3 is 5.97 Å². The zero-order chi connectivity index (χ0) is 16.3. The van der Waals surface area contributed by atoms with Crippen molar-refractivity contribution in [2.45, 2.75) is 34.1 Å². The third-order valence-corrected chi connectivity index (χ3v) is 2.85. The van der Waals surface area contributed by atoms with Crippen LogP contribution in [-0.2, 0) is 4.79 Å². The molecule has 0 saturated carbocycles. The number of allylic oxidation sites excluding steroid dienone is 10. The van der Waals surface area contributed by atoms with Gasteiger partial charge in [0.25, 0.3) is 0 Å². The third-order valence-electron chi connectivity index (χ3n) is 2.85. The molecule has 0 spiro atoms. The first-order chi connectivity index (χ1) is 9.85. The topological polar surface area (TPSA) is 37.3 Å². The Balaban J connectivity index is 4.59. The Bertz CT molecular complexity index is 500. The van der Waals surface area contributed by atoms with Crippen LogP contribution in [0.25, 0.3) is 0 Å². The van der Waals surface area contributed by atoms with E-state index < -0.39 is 5.97 Å². The summed E-state index contributed by atoms with van der Waals surface area (Å²) in [5.41, 5.74) is 3.49. The second kappa shape index (κ2) is 10.7. The third kappa shape index (κ3) is 11.4. The highest BCUT2D eigenvalue weighted by atomic mass is 16.4. The molecule has 0 saturated heterocycles. The Morgan fingerprint density at radius 3 is 2.29 bits per heavy atom. The Morgan fingerprint density at radius 2 is 1.71 bits per heavy atom. The first kappa shape index (κ1) is 18.9.